The zero-order chi connectivity index (χ0) is 12.1. The number of hydrogen-bond donors (Lipinski definition) is 1. The minimum Gasteiger partial charge on any atom is -0.375 e. The van der Waals surface area contributed by atoms with E-state index in [1.807, 2.05) is 0 Å². The van der Waals surface area contributed by atoms with Gasteiger partial charge < -0.3 is 10.1 Å². The predicted molar refractivity (Wildman–Crippen MR) is 67.8 cm³/mol. The van der Waals surface area contributed by atoms with Crippen molar-refractivity contribution < 1.29 is 9.53 Å². The summed E-state index contributed by atoms with van der Waals surface area (Å²) < 4.78 is 6.17. The van der Waals surface area contributed by atoms with Crippen molar-refractivity contribution in [3.8, 4) is 0 Å². The Morgan fingerprint density at radius 1 is 0.941 bits per heavy atom. The lowest BCUT2D eigenvalue weighted by Crippen LogP contribution is -2.38. The summed E-state index contributed by atoms with van der Waals surface area (Å²) in [5.41, 5.74) is 0. The smallest absolute Gasteiger partial charge is 0.217 e. The number of amides is 1. The van der Waals surface area contributed by atoms with Crippen molar-refractivity contribution in [1.29, 1.82) is 0 Å². The van der Waals surface area contributed by atoms with Crippen LogP contribution in [0.1, 0.15) is 64.7 Å². The molecule has 3 nitrogen and oxygen atoms in total. The molecule has 2 rings (SSSR count). The summed E-state index contributed by atoms with van der Waals surface area (Å²) >= 11 is 0. The molecular formula is C14H25NO2. The summed E-state index contributed by atoms with van der Waals surface area (Å²) in [7, 11) is 0. The van der Waals surface area contributed by atoms with Crippen LogP contribution in [-0.4, -0.2) is 24.2 Å². The molecule has 2 fully saturated rings. The molecule has 0 radical (unpaired) electrons. The lowest BCUT2D eigenvalue weighted by molar-refractivity contribution is -0.120. The number of rotatable bonds is 3. The van der Waals surface area contributed by atoms with Gasteiger partial charge in [0.25, 0.3) is 0 Å². The first-order valence-corrected chi connectivity index (χ1v) is 7.16. The molecule has 0 heterocycles. The highest BCUT2D eigenvalue weighted by Crippen LogP contribution is 2.27. The quantitative estimate of drug-likeness (QED) is 0.822. The van der Waals surface area contributed by atoms with Gasteiger partial charge in [-0.05, 0) is 38.5 Å². The highest BCUT2D eigenvalue weighted by Gasteiger charge is 2.25. The molecular weight excluding hydrogens is 214 g/mol. The summed E-state index contributed by atoms with van der Waals surface area (Å²) in [4.78, 5) is 11.0. The summed E-state index contributed by atoms with van der Waals surface area (Å²) in [6, 6.07) is 0.388. The Bertz CT molecular complexity index is 241. The van der Waals surface area contributed by atoms with Crippen LogP contribution in [0.2, 0.25) is 0 Å². The van der Waals surface area contributed by atoms with E-state index in [4.69, 9.17) is 4.74 Å². The van der Waals surface area contributed by atoms with Crippen LogP contribution in [-0.2, 0) is 9.53 Å². The predicted octanol–water partition coefficient (Wildman–Crippen LogP) is 2.78. The Morgan fingerprint density at radius 2 is 1.53 bits per heavy atom. The Labute approximate surface area is 104 Å². The van der Waals surface area contributed by atoms with E-state index in [-0.39, 0.29) is 5.91 Å². The second-order valence-electron chi connectivity index (χ2n) is 5.57. The highest BCUT2D eigenvalue weighted by molar-refractivity contribution is 5.73. The molecule has 98 valence electrons. The van der Waals surface area contributed by atoms with Crippen LogP contribution in [0.15, 0.2) is 0 Å². The Kier molecular flexibility index (Phi) is 4.84. The molecule has 1 amide bonds. The standard InChI is InChI=1S/C14H25NO2/c1-11(16)15-12-7-9-14(10-8-12)17-13-5-3-2-4-6-13/h12-14H,2-10H2,1H3,(H,15,16). The maximum Gasteiger partial charge on any atom is 0.217 e. The topological polar surface area (TPSA) is 38.3 Å². The third-order valence-electron chi connectivity index (χ3n) is 4.02. The minimum absolute atomic E-state index is 0.0987. The number of carbonyl (C=O) groups excluding carboxylic acids is 1. The van der Waals surface area contributed by atoms with Crippen molar-refractivity contribution in [3.05, 3.63) is 0 Å². The number of ether oxygens (including phenoxy) is 1. The molecule has 0 unspecified atom stereocenters. The minimum atomic E-state index is 0.0987. The van der Waals surface area contributed by atoms with E-state index < -0.39 is 0 Å². The zero-order valence-electron chi connectivity index (χ0n) is 10.9. The van der Waals surface area contributed by atoms with Gasteiger partial charge in [-0.1, -0.05) is 19.3 Å². The fourth-order valence-corrected chi connectivity index (χ4v) is 3.10. The van der Waals surface area contributed by atoms with Crippen molar-refractivity contribution in [2.24, 2.45) is 0 Å². The van der Waals surface area contributed by atoms with Gasteiger partial charge in [-0.15, -0.1) is 0 Å². The van der Waals surface area contributed by atoms with Crippen molar-refractivity contribution >= 4 is 5.91 Å². The summed E-state index contributed by atoms with van der Waals surface area (Å²) in [5, 5.41) is 3.01. The molecule has 2 aliphatic carbocycles. The normalized spacial score (nSPS) is 31.1. The molecule has 0 aromatic carbocycles. The molecule has 2 aliphatic rings. The van der Waals surface area contributed by atoms with Crippen molar-refractivity contribution in [2.45, 2.75) is 83.0 Å². The van der Waals surface area contributed by atoms with Gasteiger partial charge in [-0.25, -0.2) is 0 Å². The van der Waals surface area contributed by atoms with Crippen molar-refractivity contribution in [3.63, 3.8) is 0 Å². The first-order chi connectivity index (χ1) is 8.24. The van der Waals surface area contributed by atoms with E-state index >= 15 is 0 Å². The molecule has 3 heteroatoms. The fourth-order valence-electron chi connectivity index (χ4n) is 3.10. The van der Waals surface area contributed by atoms with Crippen LogP contribution in [0.4, 0.5) is 0 Å². The third kappa shape index (κ3) is 4.30. The van der Waals surface area contributed by atoms with Gasteiger partial charge in [0.05, 0.1) is 12.2 Å². The average Bonchev–Trinajstić information content (AvgIpc) is 2.32. The van der Waals surface area contributed by atoms with E-state index in [1.54, 1.807) is 6.92 Å². The average molecular weight is 239 g/mol. The van der Waals surface area contributed by atoms with Gasteiger partial charge in [0, 0.05) is 13.0 Å². The van der Waals surface area contributed by atoms with E-state index in [1.165, 1.54) is 32.1 Å². The molecule has 0 aromatic heterocycles. The molecule has 2 saturated carbocycles. The van der Waals surface area contributed by atoms with Gasteiger partial charge in [0.15, 0.2) is 0 Å². The molecule has 0 spiro atoms. The molecule has 0 aromatic rings. The number of nitrogens with one attached hydrogen (secondary N) is 1. The Morgan fingerprint density at radius 3 is 2.12 bits per heavy atom. The van der Waals surface area contributed by atoms with Gasteiger partial charge >= 0.3 is 0 Å². The Balaban J connectivity index is 1.66. The second kappa shape index (κ2) is 6.39. The summed E-state index contributed by atoms with van der Waals surface area (Å²) in [5.74, 6) is 0.0987. The molecule has 17 heavy (non-hydrogen) atoms. The molecule has 1 N–H and O–H groups in total. The van der Waals surface area contributed by atoms with Crippen LogP contribution in [0.5, 0.6) is 0 Å². The van der Waals surface area contributed by atoms with Crippen LogP contribution < -0.4 is 5.32 Å². The lowest BCUT2D eigenvalue weighted by atomic mass is 9.92. The highest BCUT2D eigenvalue weighted by atomic mass is 16.5. The van der Waals surface area contributed by atoms with E-state index in [0.29, 0.717) is 18.2 Å². The first-order valence-electron chi connectivity index (χ1n) is 7.16. The number of carbonyl (C=O) groups is 1. The second-order valence-corrected chi connectivity index (χ2v) is 5.57. The van der Waals surface area contributed by atoms with Crippen LogP contribution in [0.3, 0.4) is 0 Å². The van der Waals surface area contributed by atoms with Crippen molar-refractivity contribution in [1.82, 2.24) is 5.32 Å². The fraction of sp³-hybridized carbons (Fsp3) is 0.929. The number of hydrogen-bond acceptors (Lipinski definition) is 2. The van der Waals surface area contributed by atoms with E-state index in [0.717, 1.165) is 25.7 Å². The van der Waals surface area contributed by atoms with Crippen LogP contribution >= 0.6 is 0 Å². The van der Waals surface area contributed by atoms with Gasteiger partial charge in [-0.2, -0.15) is 0 Å². The van der Waals surface area contributed by atoms with E-state index in [9.17, 15) is 4.79 Å². The van der Waals surface area contributed by atoms with Gasteiger partial charge in [0.1, 0.15) is 0 Å². The monoisotopic (exact) mass is 239 g/mol. The lowest BCUT2D eigenvalue weighted by Gasteiger charge is -2.33. The van der Waals surface area contributed by atoms with Gasteiger partial charge in [0.2, 0.25) is 5.91 Å². The maximum atomic E-state index is 11.0. The molecule has 0 atom stereocenters. The largest absolute Gasteiger partial charge is 0.375 e. The van der Waals surface area contributed by atoms with Crippen molar-refractivity contribution in [2.75, 3.05) is 0 Å². The van der Waals surface area contributed by atoms with Crippen LogP contribution in [0.25, 0.3) is 0 Å². The van der Waals surface area contributed by atoms with E-state index in [2.05, 4.69) is 5.32 Å². The first kappa shape index (κ1) is 12.9. The summed E-state index contributed by atoms with van der Waals surface area (Å²) in [6.07, 6.45) is 11.9. The summed E-state index contributed by atoms with van der Waals surface area (Å²) in [6.45, 7) is 1.60. The van der Waals surface area contributed by atoms with Gasteiger partial charge in [-0.3, -0.25) is 4.79 Å². The molecule has 0 aliphatic heterocycles. The molecule has 0 bridgehead atoms. The Hall–Kier alpha value is -0.570. The maximum absolute atomic E-state index is 11.0. The third-order valence-corrected chi connectivity index (χ3v) is 4.02. The molecule has 0 saturated heterocycles. The SMILES string of the molecule is CC(=O)NC1CCC(OC2CCCCC2)CC1. The van der Waals surface area contributed by atoms with Crippen LogP contribution in [0, 0.1) is 0 Å². The zero-order valence-corrected chi connectivity index (χ0v) is 10.9.